The van der Waals surface area contributed by atoms with Crippen LogP contribution in [-0.2, 0) is 13.2 Å². The number of aliphatic hydroxyl groups is 2. The highest BCUT2D eigenvalue weighted by atomic mass is 16.5. The van der Waals surface area contributed by atoms with Crippen LogP contribution in [0.3, 0.4) is 0 Å². The van der Waals surface area contributed by atoms with Crippen LogP contribution >= 0.6 is 0 Å². The Labute approximate surface area is 163 Å². The normalized spacial score (nSPS) is 22.9. The highest BCUT2D eigenvalue weighted by molar-refractivity contribution is 5.37. The van der Waals surface area contributed by atoms with Gasteiger partial charge in [0.2, 0.25) is 0 Å². The molecular formula is C22H36N2O3. The number of ether oxygens (including phenoxy) is 1. The molecule has 1 heterocycles. The number of hydrogen-bond donors (Lipinski definition) is 2. The Hall–Kier alpha value is -1.14. The van der Waals surface area contributed by atoms with Gasteiger partial charge in [-0.1, -0.05) is 25.3 Å². The lowest BCUT2D eigenvalue weighted by atomic mass is 9.91. The summed E-state index contributed by atoms with van der Waals surface area (Å²) in [7, 11) is 0. The van der Waals surface area contributed by atoms with Crippen molar-refractivity contribution < 1.29 is 14.9 Å². The van der Waals surface area contributed by atoms with E-state index in [9.17, 15) is 10.2 Å². The van der Waals surface area contributed by atoms with Gasteiger partial charge in [-0.05, 0) is 43.9 Å². The highest BCUT2D eigenvalue weighted by Crippen LogP contribution is 2.28. The molecule has 0 unspecified atom stereocenters. The lowest BCUT2D eigenvalue weighted by Gasteiger charge is -2.46. The highest BCUT2D eigenvalue weighted by Gasteiger charge is 2.32. The second-order valence-corrected chi connectivity index (χ2v) is 7.96. The van der Waals surface area contributed by atoms with Gasteiger partial charge in [0.05, 0.1) is 13.2 Å². The Bertz CT molecular complexity index is 575. The van der Waals surface area contributed by atoms with Crippen molar-refractivity contribution in [3.8, 4) is 5.75 Å². The monoisotopic (exact) mass is 376 g/mol. The fraction of sp³-hybridized carbons (Fsp3) is 0.727. The third-order valence-electron chi connectivity index (χ3n) is 6.12. The van der Waals surface area contributed by atoms with E-state index in [0.717, 1.165) is 43.9 Å². The minimum absolute atomic E-state index is 0.00572. The molecule has 1 aromatic rings. The summed E-state index contributed by atoms with van der Waals surface area (Å²) in [5.74, 6) is 0.782. The fourth-order valence-electron chi connectivity index (χ4n) is 4.79. The zero-order chi connectivity index (χ0) is 19.1. The molecule has 1 aromatic carbocycles. The molecule has 2 aliphatic rings. The molecule has 0 radical (unpaired) electrons. The Balaban J connectivity index is 1.63. The van der Waals surface area contributed by atoms with Crippen molar-refractivity contribution in [2.45, 2.75) is 70.7 Å². The van der Waals surface area contributed by atoms with Crippen molar-refractivity contribution in [3.63, 3.8) is 0 Å². The maximum Gasteiger partial charge on any atom is 0.124 e. The molecule has 2 N–H and O–H groups in total. The number of aliphatic hydroxyl groups excluding tert-OH is 2. The molecule has 152 valence electrons. The molecule has 1 saturated carbocycles. The molecule has 1 atom stereocenters. The molecule has 5 nitrogen and oxygen atoms in total. The van der Waals surface area contributed by atoms with Crippen LogP contribution in [0.15, 0.2) is 18.2 Å². The fourth-order valence-corrected chi connectivity index (χ4v) is 4.79. The zero-order valence-corrected chi connectivity index (χ0v) is 16.8. The van der Waals surface area contributed by atoms with Crippen LogP contribution in [0.5, 0.6) is 5.75 Å². The Morgan fingerprint density at radius 2 is 1.93 bits per heavy atom. The minimum Gasteiger partial charge on any atom is -0.494 e. The molecule has 0 bridgehead atoms. The van der Waals surface area contributed by atoms with E-state index in [1.165, 1.54) is 37.7 Å². The number of nitrogens with zero attached hydrogens (tertiary/aromatic N) is 2. The SMILES string of the molecule is CCOc1ccc(CN2CCN(C3CCCCC3)[C@@H](CCO)C2)cc1CO. The van der Waals surface area contributed by atoms with Crippen LogP contribution in [0.1, 0.15) is 56.6 Å². The third kappa shape index (κ3) is 5.44. The number of piperazine rings is 1. The largest absolute Gasteiger partial charge is 0.494 e. The predicted molar refractivity (Wildman–Crippen MR) is 108 cm³/mol. The van der Waals surface area contributed by atoms with Crippen molar-refractivity contribution in [2.24, 2.45) is 0 Å². The molecule has 0 spiro atoms. The molecule has 3 rings (SSSR count). The summed E-state index contributed by atoms with van der Waals surface area (Å²) >= 11 is 0. The molecule has 0 aromatic heterocycles. The molecule has 1 aliphatic heterocycles. The predicted octanol–water partition coefficient (Wildman–Crippen LogP) is 2.78. The summed E-state index contributed by atoms with van der Waals surface area (Å²) < 4.78 is 5.60. The van der Waals surface area contributed by atoms with Gasteiger partial charge in [-0.25, -0.2) is 0 Å². The van der Waals surface area contributed by atoms with E-state index in [0.29, 0.717) is 18.7 Å². The first-order valence-electron chi connectivity index (χ1n) is 10.7. The average Bonchev–Trinajstić information content (AvgIpc) is 2.70. The molecule has 0 amide bonds. The number of rotatable bonds is 8. The van der Waals surface area contributed by atoms with Gasteiger partial charge in [0, 0.05) is 50.4 Å². The quantitative estimate of drug-likeness (QED) is 0.731. The maximum absolute atomic E-state index is 9.64. The van der Waals surface area contributed by atoms with Crippen LogP contribution in [0.4, 0.5) is 0 Å². The summed E-state index contributed by atoms with van der Waals surface area (Å²) in [5, 5.41) is 19.2. The van der Waals surface area contributed by atoms with Crippen LogP contribution in [-0.4, -0.2) is 64.9 Å². The summed E-state index contributed by atoms with van der Waals surface area (Å²) in [6.07, 6.45) is 7.59. The second kappa shape index (κ2) is 10.4. The standard InChI is InChI=1S/C22H36N2O3/c1-2-27-22-9-8-18(14-19(22)17-26)15-23-11-12-24(21(16-23)10-13-25)20-6-4-3-5-7-20/h8-9,14,20-21,25-26H,2-7,10-13,15-17H2,1H3/t21-/m0/s1. The first-order valence-corrected chi connectivity index (χ1v) is 10.7. The molecule has 5 heteroatoms. The molecule has 27 heavy (non-hydrogen) atoms. The average molecular weight is 377 g/mol. The Morgan fingerprint density at radius 1 is 1.11 bits per heavy atom. The number of benzene rings is 1. The van der Waals surface area contributed by atoms with E-state index in [1.54, 1.807) is 0 Å². The van der Waals surface area contributed by atoms with E-state index in [4.69, 9.17) is 4.74 Å². The van der Waals surface area contributed by atoms with E-state index < -0.39 is 0 Å². The van der Waals surface area contributed by atoms with E-state index >= 15 is 0 Å². The first kappa shape index (κ1) is 20.6. The third-order valence-corrected chi connectivity index (χ3v) is 6.12. The topological polar surface area (TPSA) is 56.2 Å². The molecule has 1 saturated heterocycles. The van der Waals surface area contributed by atoms with Crippen LogP contribution < -0.4 is 4.74 Å². The van der Waals surface area contributed by atoms with Crippen molar-refractivity contribution in [1.29, 1.82) is 0 Å². The van der Waals surface area contributed by atoms with Crippen molar-refractivity contribution >= 4 is 0 Å². The Kier molecular flexibility index (Phi) is 7.94. The minimum atomic E-state index is 0.00572. The summed E-state index contributed by atoms with van der Waals surface area (Å²) in [4.78, 5) is 5.18. The Morgan fingerprint density at radius 3 is 2.63 bits per heavy atom. The van der Waals surface area contributed by atoms with Crippen molar-refractivity contribution in [2.75, 3.05) is 32.8 Å². The van der Waals surface area contributed by atoms with Crippen LogP contribution in [0, 0.1) is 0 Å². The van der Waals surface area contributed by atoms with Crippen LogP contribution in [0.25, 0.3) is 0 Å². The summed E-state index contributed by atoms with van der Waals surface area (Å²) in [5.41, 5.74) is 2.08. The molecule has 1 aliphatic carbocycles. The van der Waals surface area contributed by atoms with Gasteiger partial charge in [0.25, 0.3) is 0 Å². The summed E-state index contributed by atoms with van der Waals surface area (Å²) in [6.45, 7) is 6.91. The maximum atomic E-state index is 9.64. The molecule has 2 fully saturated rings. The van der Waals surface area contributed by atoms with Crippen LogP contribution in [0.2, 0.25) is 0 Å². The van der Waals surface area contributed by atoms with Gasteiger partial charge in [-0.2, -0.15) is 0 Å². The lowest BCUT2D eigenvalue weighted by molar-refractivity contribution is 0.0136. The van der Waals surface area contributed by atoms with Crippen molar-refractivity contribution in [3.05, 3.63) is 29.3 Å². The lowest BCUT2D eigenvalue weighted by Crippen LogP contribution is -2.56. The van der Waals surface area contributed by atoms with Gasteiger partial charge in [-0.3, -0.25) is 9.80 Å². The smallest absolute Gasteiger partial charge is 0.124 e. The number of hydrogen-bond acceptors (Lipinski definition) is 5. The van der Waals surface area contributed by atoms with Gasteiger partial charge in [0.15, 0.2) is 0 Å². The van der Waals surface area contributed by atoms with Crippen molar-refractivity contribution in [1.82, 2.24) is 9.80 Å². The van der Waals surface area contributed by atoms with E-state index in [1.807, 2.05) is 13.0 Å². The van der Waals surface area contributed by atoms with Gasteiger partial charge < -0.3 is 14.9 Å². The molecular weight excluding hydrogens is 340 g/mol. The van der Waals surface area contributed by atoms with Gasteiger partial charge in [0.1, 0.15) is 5.75 Å². The van der Waals surface area contributed by atoms with Gasteiger partial charge >= 0.3 is 0 Å². The van der Waals surface area contributed by atoms with E-state index in [2.05, 4.69) is 21.9 Å². The van der Waals surface area contributed by atoms with E-state index in [-0.39, 0.29) is 13.2 Å². The second-order valence-electron chi connectivity index (χ2n) is 7.96. The zero-order valence-electron chi connectivity index (χ0n) is 16.8. The first-order chi connectivity index (χ1) is 13.2. The summed E-state index contributed by atoms with van der Waals surface area (Å²) in [6, 6.07) is 7.32. The van der Waals surface area contributed by atoms with Gasteiger partial charge in [-0.15, -0.1) is 0 Å².